The van der Waals surface area contributed by atoms with Gasteiger partial charge in [0.15, 0.2) is 17.3 Å². The molecule has 0 saturated carbocycles. The fourth-order valence-electron chi connectivity index (χ4n) is 3.76. The number of carbonyl (C=O) groups excluding carboxylic acids is 1. The van der Waals surface area contributed by atoms with E-state index in [1.54, 1.807) is 36.4 Å². The first-order valence-electron chi connectivity index (χ1n) is 9.86. The second kappa shape index (κ2) is 8.55. The van der Waals surface area contributed by atoms with Crippen LogP contribution in [-0.4, -0.2) is 47.1 Å². The molecule has 9 heteroatoms. The van der Waals surface area contributed by atoms with Gasteiger partial charge in [-0.2, -0.15) is 0 Å². The van der Waals surface area contributed by atoms with Crippen LogP contribution < -0.4 is 19.5 Å². The van der Waals surface area contributed by atoms with Gasteiger partial charge < -0.3 is 29.2 Å². The number of fused-ring (bicyclic) bond motifs is 1. The van der Waals surface area contributed by atoms with Crippen molar-refractivity contribution in [1.29, 1.82) is 0 Å². The van der Waals surface area contributed by atoms with Crippen LogP contribution in [0.3, 0.4) is 0 Å². The first kappa shape index (κ1) is 20.5. The predicted molar refractivity (Wildman–Crippen MR) is 114 cm³/mol. The van der Waals surface area contributed by atoms with Gasteiger partial charge in [0, 0.05) is 36.3 Å². The normalized spacial score (nSPS) is 15.1. The molecule has 4 rings (SSSR count). The number of rotatable bonds is 6. The van der Waals surface area contributed by atoms with Crippen LogP contribution in [0.2, 0.25) is 0 Å². The summed E-state index contributed by atoms with van der Waals surface area (Å²) in [5.41, 5.74) is 1.40. The summed E-state index contributed by atoms with van der Waals surface area (Å²) in [7, 11) is 4.59. The van der Waals surface area contributed by atoms with Gasteiger partial charge in [0.25, 0.3) is 0 Å². The molecule has 1 aromatic heterocycles. The van der Waals surface area contributed by atoms with Gasteiger partial charge in [-0.1, -0.05) is 0 Å². The molecular formula is C22H24N4O5. The minimum Gasteiger partial charge on any atom is -0.508 e. The smallest absolute Gasteiger partial charge is 0.229 e. The van der Waals surface area contributed by atoms with Gasteiger partial charge in [-0.05, 0) is 30.7 Å². The highest BCUT2D eigenvalue weighted by molar-refractivity contribution is 5.93. The standard InChI is InChI=1S/C22H24N4O5/c1-29-17-10-15(11-18(30-2)20(17)31-3)23-22(28)14-6-9-19-24-25-21(26(19)12-14)13-4-7-16(27)8-5-13/h4-5,7-8,10-11,14,27H,6,9,12H2,1-3H3,(H,23,28)/t14-/m1/s1. The van der Waals surface area contributed by atoms with Crippen LogP contribution >= 0.6 is 0 Å². The number of aromatic hydroxyl groups is 1. The number of nitrogens with one attached hydrogen (secondary N) is 1. The number of hydrogen-bond acceptors (Lipinski definition) is 7. The van der Waals surface area contributed by atoms with Crippen LogP contribution in [0.1, 0.15) is 12.2 Å². The summed E-state index contributed by atoms with van der Waals surface area (Å²) in [6.07, 6.45) is 1.32. The zero-order valence-electron chi connectivity index (χ0n) is 17.6. The molecule has 1 aliphatic heterocycles. The predicted octanol–water partition coefficient (Wildman–Crippen LogP) is 2.88. The van der Waals surface area contributed by atoms with Crippen LogP contribution in [0.25, 0.3) is 11.4 Å². The number of benzene rings is 2. The number of hydrogen-bond donors (Lipinski definition) is 2. The first-order chi connectivity index (χ1) is 15.0. The molecule has 31 heavy (non-hydrogen) atoms. The van der Waals surface area contributed by atoms with Crippen molar-refractivity contribution in [3.05, 3.63) is 42.2 Å². The maximum absolute atomic E-state index is 13.0. The number of phenols is 1. The molecule has 0 aliphatic carbocycles. The van der Waals surface area contributed by atoms with Crippen LogP contribution in [0, 0.1) is 5.92 Å². The molecule has 0 saturated heterocycles. The topological polar surface area (TPSA) is 108 Å². The number of ether oxygens (including phenoxy) is 3. The van der Waals surface area contributed by atoms with Crippen molar-refractivity contribution in [2.75, 3.05) is 26.6 Å². The Bertz CT molecular complexity index is 1070. The largest absolute Gasteiger partial charge is 0.508 e. The van der Waals surface area contributed by atoms with Gasteiger partial charge in [0.1, 0.15) is 11.6 Å². The molecule has 2 aromatic carbocycles. The van der Waals surface area contributed by atoms with E-state index in [1.165, 1.54) is 21.3 Å². The third kappa shape index (κ3) is 3.98. The Morgan fingerprint density at radius 2 is 1.74 bits per heavy atom. The minimum atomic E-state index is -0.251. The second-order valence-corrected chi connectivity index (χ2v) is 7.24. The molecule has 0 spiro atoms. The maximum atomic E-state index is 13.0. The van der Waals surface area contributed by atoms with E-state index in [0.717, 1.165) is 11.4 Å². The molecule has 162 valence electrons. The lowest BCUT2D eigenvalue weighted by Gasteiger charge is -2.24. The summed E-state index contributed by atoms with van der Waals surface area (Å²) in [5.74, 6) is 2.76. The van der Waals surface area contributed by atoms with Crippen molar-refractivity contribution in [3.8, 4) is 34.4 Å². The van der Waals surface area contributed by atoms with E-state index in [4.69, 9.17) is 14.2 Å². The number of nitrogens with zero attached hydrogens (tertiary/aromatic N) is 3. The molecule has 1 atom stereocenters. The van der Waals surface area contributed by atoms with E-state index in [-0.39, 0.29) is 17.6 Å². The van der Waals surface area contributed by atoms with Crippen molar-refractivity contribution in [1.82, 2.24) is 14.8 Å². The van der Waals surface area contributed by atoms with Gasteiger partial charge >= 0.3 is 0 Å². The summed E-state index contributed by atoms with van der Waals surface area (Å²) in [4.78, 5) is 13.0. The number of phenolic OH excluding ortho intramolecular Hbond substituents is 1. The van der Waals surface area contributed by atoms with E-state index in [0.29, 0.717) is 48.1 Å². The lowest BCUT2D eigenvalue weighted by atomic mass is 9.98. The van der Waals surface area contributed by atoms with E-state index >= 15 is 0 Å². The lowest BCUT2D eigenvalue weighted by molar-refractivity contribution is -0.120. The first-order valence-corrected chi connectivity index (χ1v) is 9.86. The molecule has 0 unspecified atom stereocenters. The van der Waals surface area contributed by atoms with Gasteiger partial charge in [-0.15, -0.1) is 10.2 Å². The fraction of sp³-hybridized carbons (Fsp3) is 0.318. The molecule has 0 radical (unpaired) electrons. The van der Waals surface area contributed by atoms with Crippen LogP contribution in [0.4, 0.5) is 5.69 Å². The molecule has 3 aromatic rings. The zero-order valence-corrected chi connectivity index (χ0v) is 17.6. The van der Waals surface area contributed by atoms with Crippen molar-refractivity contribution < 1.29 is 24.1 Å². The SMILES string of the molecule is COc1cc(NC(=O)[C@@H]2CCc3nnc(-c4ccc(O)cc4)n3C2)cc(OC)c1OC. The van der Waals surface area contributed by atoms with Crippen molar-refractivity contribution in [2.45, 2.75) is 19.4 Å². The molecule has 2 heterocycles. The average molecular weight is 424 g/mol. The van der Waals surface area contributed by atoms with Crippen molar-refractivity contribution in [3.63, 3.8) is 0 Å². The molecule has 9 nitrogen and oxygen atoms in total. The third-order valence-electron chi connectivity index (χ3n) is 5.38. The zero-order chi connectivity index (χ0) is 22.0. The minimum absolute atomic E-state index is 0.106. The number of amides is 1. The molecular weight excluding hydrogens is 400 g/mol. The molecule has 2 N–H and O–H groups in total. The quantitative estimate of drug-likeness (QED) is 0.626. The number of aromatic nitrogens is 3. The maximum Gasteiger partial charge on any atom is 0.229 e. The molecule has 0 fully saturated rings. The number of aryl methyl sites for hydroxylation is 1. The van der Waals surface area contributed by atoms with Crippen molar-refractivity contribution >= 4 is 11.6 Å². The Labute approximate surface area is 179 Å². The Balaban J connectivity index is 1.55. The monoisotopic (exact) mass is 424 g/mol. The molecule has 1 amide bonds. The van der Waals surface area contributed by atoms with Gasteiger partial charge in [0.05, 0.1) is 27.2 Å². The highest BCUT2D eigenvalue weighted by Gasteiger charge is 2.28. The summed E-state index contributed by atoms with van der Waals surface area (Å²) < 4.78 is 18.0. The van der Waals surface area contributed by atoms with E-state index in [2.05, 4.69) is 15.5 Å². The Morgan fingerprint density at radius 3 is 2.35 bits per heavy atom. The highest BCUT2D eigenvalue weighted by Crippen LogP contribution is 2.40. The third-order valence-corrected chi connectivity index (χ3v) is 5.38. The summed E-state index contributed by atoms with van der Waals surface area (Å²) >= 11 is 0. The summed E-state index contributed by atoms with van der Waals surface area (Å²) in [5, 5.41) is 21.1. The lowest BCUT2D eigenvalue weighted by Crippen LogP contribution is -2.31. The highest BCUT2D eigenvalue weighted by atomic mass is 16.5. The summed E-state index contributed by atoms with van der Waals surface area (Å²) in [6, 6.07) is 10.2. The second-order valence-electron chi connectivity index (χ2n) is 7.24. The fourth-order valence-corrected chi connectivity index (χ4v) is 3.76. The van der Waals surface area contributed by atoms with E-state index in [1.807, 2.05) is 4.57 Å². The Morgan fingerprint density at radius 1 is 1.06 bits per heavy atom. The van der Waals surface area contributed by atoms with Crippen molar-refractivity contribution in [2.24, 2.45) is 5.92 Å². The number of methoxy groups -OCH3 is 3. The average Bonchev–Trinajstić information content (AvgIpc) is 3.22. The number of anilines is 1. The molecule has 1 aliphatic rings. The van der Waals surface area contributed by atoms with Gasteiger partial charge in [-0.25, -0.2) is 0 Å². The van der Waals surface area contributed by atoms with Crippen LogP contribution in [0.15, 0.2) is 36.4 Å². The van der Waals surface area contributed by atoms with Gasteiger partial charge in [0.2, 0.25) is 11.7 Å². The van der Waals surface area contributed by atoms with E-state index in [9.17, 15) is 9.90 Å². The van der Waals surface area contributed by atoms with E-state index < -0.39 is 0 Å². The van der Waals surface area contributed by atoms with Crippen LogP contribution in [0.5, 0.6) is 23.0 Å². The van der Waals surface area contributed by atoms with Crippen LogP contribution in [-0.2, 0) is 17.8 Å². The Kier molecular flexibility index (Phi) is 5.66. The Hall–Kier alpha value is -3.75. The summed E-state index contributed by atoms with van der Waals surface area (Å²) in [6.45, 7) is 0.467. The molecule has 0 bridgehead atoms. The number of carbonyl (C=O) groups is 1. The van der Waals surface area contributed by atoms with Gasteiger partial charge in [-0.3, -0.25) is 4.79 Å².